The van der Waals surface area contributed by atoms with Crippen LogP contribution >= 0.6 is 0 Å². The topological polar surface area (TPSA) is 47.5 Å². The Morgan fingerprint density at radius 1 is 1.22 bits per heavy atom. The van der Waals surface area contributed by atoms with Gasteiger partial charge in [0, 0.05) is 19.7 Å². The summed E-state index contributed by atoms with van der Waals surface area (Å²) in [5.74, 6) is 1.05. The summed E-state index contributed by atoms with van der Waals surface area (Å²) in [5.41, 5.74) is 0.282. The van der Waals surface area contributed by atoms with E-state index in [9.17, 15) is 4.39 Å². The lowest BCUT2D eigenvalue weighted by atomic mass is 9.77. The van der Waals surface area contributed by atoms with Crippen molar-refractivity contribution in [2.24, 2.45) is 11.3 Å². The molecule has 126 valence electrons. The lowest BCUT2D eigenvalue weighted by Gasteiger charge is -2.38. The van der Waals surface area contributed by atoms with Gasteiger partial charge in [-0.3, -0.25) is 0 Å². The molecule has 6 heteroatoms. The van der Waals surface area contributed by atoms with Crippen molar-refractivity contribution in [3.8, 4) is 0 Å². The van der Waals surface area contributed by atoms with Crippen LogP contribution in [0.5, 0.6) is 0 Å². The lowest BCUT2D eigenvalue weighted by Crippen LogP contribution is -2.41. The van der Waals surface area contributed by atoms with Crippen molar-refractivity contribution in [1.29, 1.82) is 0 Å². The molecule has 3 fully saturated rings. The van der Waals surface area contributed by atoms with Gasteiger partial charge in [0.05, 0.1) is 31.7 Å². The molecule has 1 aromatic rings. The summed E-state index contributed by atoms with van der Waals surface area (Å²) >= 11 is 0. The summed E-state index contributed by atoms with van der Waals surface area (Å²) in [4.78, 5) is 10.3. The summed E-state index contributed by atoms with van der Waals surface area (Å²) in [6, 6.07) is 0. The number of halogens is 1. The van der Waals surface area contributed by atoms with E-state index in [-0.39, 0.29) is 17.3 Å². The number of aromatic nitrogens is 2. The molecule has 1 aromatic heterocycles. The van der Waals surface area contributed by atoms with Crippen LogP contribution in [0.3, 0.4) is 0 Å². The van der Waals surface area contributed by atoms with Crippen molar-refractivity contribution in [3.05, 3.63) is 18.2 Å². The van der Waals surface area contributed by atoms with Crippen molar-refractivity contribution in [3.63, 3.8) is 0 Å². The van der Waals surface area contributed by atoms with E-state index < -0.39 is 0 Å². The average Bonchev–Trinajstić information content (AvgIpc) is 3.31. The van der Waals surface area contributed by atoms with E-state index in [0.717, 1.165) is 58.1 Å². The second kappa shape index (κ2) is 6.32. The molecule has 4 rings (SSSR count). The molecule has 0 radical (unpaired) electrons. The molecule has 3 heterocycles. The normalized spacial score (nSPS) is 26.8. The van der Waals surface area contributed by atoms with Gasteiger partial charge in [-0.2, -0.15) is 0 Å². The van der Waals surface area contributed by atoms with E-state index in [4.69, 9.17) is 9.47 Å². The minimum absolute atomic E-state index is 0.252. The van der Waals surface area contributed by atoms with Crippen molar-refractivity contribution in [2.45, 2.75) is 38.2 Å². The Morgan fingerprint density at radius 3 is 2.65 bits per heavy atom. The monoisotopic (exact) mass is 321 g/mol. The van der Waals surface area contributed by atoms with Crippen LogP contribution in [0.1, 0.15) is 32.1 Å². The molecule has 0 N–H and O–H groups in total. The fourth-order valence-electron chi connectivity index (χ4n) is 3.65. The molecule has 0 aromatic carbocycles. The summed E-state index contributed by atoms with van der Waals surface area (Å²) in [6.45, 7) is 4.30. The van der Waals surface area contributed by atoms with Crippen LogP contribution in [0.4, 0.5) is 10.3 Å². The van der Waals surface area contributed by atoms with Gasteiger partial charge in [0.1, 0.15) is 0 Å². The van der Waals surface area contributed by atoms with Crippen molar-refractivity contribution < 1.29 is 13.9 Å². The van der Waals surface area contributed by atoms with Gasteiger partial charge in [0.2, 0.25) is 5.95 Å². The average molecular weight is 321 g/mol. The zero-order valence-electron chi connectivity index (χ0n) is 13.4. The standard InChI is InChI=1S/C17H24FN3O2/c18-14-8-19-16(20-9-14)21-5-3-17(4-6-21)7-15(23-12-17)11-22-10-13-1-2-13/h8-9,13,15H,1-7,10-12H2/t15-/m1/s1. The Morgan fingerprint density at radius 2 is 1.96 bits per heavy atom. The van der Waals surface area contributed by atoms with E-state index in [1.54, 1.807) is 0 Å². The summed E-state index contributed by atoms with van der Waals surface area (Å²) < 4.78 is 24.7. The number of ether oxygens (including phenoxy) is 2. The van der Waals surface area contributed by atoms with Gasteiger partial charge in [-0.05, 0) is 43.4 Å². The highest BCUT2D eigenvalue weighted by atomic mass is 19.1. The van der Waals surface area contributed by atoms with Crippen LogP contribution in [0, 0.1) is 17.2 Å². The molecule has 2 aliphatic heterocycles. The van der Waals surface area contributed by atoms with Crippen molar-refractivity contribution >= 4 is 5.95 Å². The summed E-state index contributed by atoms with van der Waals surface area (Å²) in [6.07, 6.45) is 8.63. The minimum atomic E-state index is -0.388. The van der Waals surface area contributed by atoms with E-state index in [1.165, 1.54) is 25.2 Å². The summed E-state index contributed by atoms with van der Waals surface area (Å²) in [7, 11) is 0. The highest BCUT2D eigenvalue weighted by Crippen LogP contribution is 2.42. The molecule has 3 aliphatic rings. The molecule has 0 bridgehead atoms. The van der Waals surface area contributed by atoms with Crippen LogP contribution in [0.25, 0.3) is 0 Å². The fourth-order valence-corrected chi connectivity index (χ4v) is 3.65. The highest BCUT2D eigenvalue weighted by Gasteiger charge is 2.42. The first-order valence-electron chi connectivity index (χ1n) is 8.64. The molecule has 23 heavy (non-hydrogen) atoms. The van der Waals surface area contributed by atoms with E-state index in [0.29, 0.717) is 5.95 Å². The number of nitrogens with zero attached hydrogens (tertiary/aromatic N) is 3. The quantitative estimate of drug-likeness (QED) is 0.833. The Kier molecular flexibility index (Phi) is 4.20. The predicted molar refractivity (Wildman–Crippen MR) is 83.8 cm³/mol. The number of anilines is 1. The van der Waals surface area contributed by atoms with Gasteiger partial charge in [0.25, 0.3) is 0 Å². The molecule has 0 amide bonds. The third kappa shape index (κ3) is 3.63. The minimum Gasteiger partial charge on any atom is -0.378 e. The highest BCUT2D eigenvalue weighted by molar-refractivity contribution is 5.29. The zero-order valence-corrected chi connectivity index (χ0v) is 13.4. The predicted octanol–water partition coefficient (Wildman–Crippen LogP) is 2.42. The van der Waals surface area contributed by atoms with Crippen LogP contribution in [0.15, 0.2) is 12.4 Å². The number of rotatable bonds is 5. The summed E-state index contributed by atoms with van der Waals surface area (Å²) in [5, 5.41) is 0. The fraction of sp³-hybridized carbons (Fsp3) is 0.765. The number of hydrogen-bond donors (Lipinski definition) is 0. The van der Waals surface area contributed by atoms with E-state index in [2.05, 4.69) is 14.9 Å². The first kappa shape index (κ1) is 15.3. The third-order valence-electron chi connectivity index (χ3n) is 5.35. The van der Waals surface area contributed by atoms with Gasteiger partial charge < -0.3 is 14.4 Å². The molecular weight excluding hydrogens is 297 g/mol. The molecule has 5 nitrogen and oxygen atoms in total. The molecular formula is C17H24FN3O2. The Bertz CT molecular complexity index is 527. The molecule has 1 spiro atoms. The maximum atomic E-state index is 12.9. The smallest absolute Gasteiger partial charge is 0.225 e. The Balaban J connectivity index is 1.26. The van der Waals surface area contributed by atoms with Gasteiger partial charge >= 0.3 is 0 Å². The van der Waals surface area contributed by atoms with Crippen LogP contribution in [-0.2, 0) is 9.47 Å². The van der Waals surface area contributed by atoms with Crippen molar-refractivity contribution in [1.82, 2.24) is 9.97 Å². The first-order chi connectivity index (χ1) is 11.2. The SMILES string of the molecule is Fc1cnc(N2CCC3(CC2)CO[C@@H](COCC2CC2)C3)nc1. The molecule has 1 atom stereocenters. The number of hydrogen-bond acceptors (Lipinski definition) is 5. The van der Waals surface area contributed by atoms with Gasteiger partial charge in [0.15, 0.2) is 5.82 Å². The van der Waals surface area contributed by atoms with Crippen LogP contribution in [0.2, 0.25) is 0 Å². The van der Waals surface area contributed by atoms with Crippen molar-refractivity contribution in [2.75, 3.05) is 37.8 Å². The molecule has 2 saturated heterocycles. The van der Waals surface area contributed by atoms with Gasteiger partial charge in [-0.1, -0.05) is 0 Å². The molecule has 1 aliphatic carbocycles. The Labute approximate surface area is 136 Å². The van der Waals surface area contributed by atoms with E-state index >= 15 is 0 Å². The Hall–Kier alpha value is -1.27. The zero-order chi connectivity index (χ0) is 15.7. The second-order valence-corrected chi connectivity index (χ2v) is 7.31. The maximum Gasteiger partial charge on any atom is 0.225 e. The number of piperidine rings is 1. The lowest BCUT2D eigenvalue weighted by molar-refractivity contribution is 0.0110. The van der Waals surface area contributed by atoms with E-state index in [1.807, 2.05) is 0 Å². The second-order valence-electron chi connectivity index (χ2n) is 7.31. The maximum absolute atomic E-state index is 12.9. The van der Waals surface area contributed by atoms with Gasteiger partial charge in [-0.15, -0.1) is 0 Å². The third-order valence-corrected chi connectivity index (χ3v) is 5.35. The van der Waals surface area contributed by atoms with Gasteiger partial charge in [-0.25, -0.2) is 14.4 Å². The first-order valence-corrected chi connectivity index (χ1v) is 8.64. The van der Waals surface area contributed by atoms with Crippen LogP contribution < -0.4 is 4.90 Å². The largest absolute Gasteiger partial charge is 0.378 e. The molecule has 0 unspecified atom stereocenters. The molecule has 1 saturated carbocycles. The van der Waals surface area contributed by atoms with Crippen LogP contribution in [-0.4, -0.2) is 49.0 Å².